The molecule has 3 aromatic rings. The summed E-state index contributed by atoms with van der Waals surface area (Å²) in [6, 6.07) is 7.54. The molecule has 230 valence electrons. The van der Waals surface area contributed by atoms with Gasteiger partial charge in [-0.3, -0.25) is 9.69 Å². The number of piperidine rings is 1. The second-order valence-corrected chi connectivity index (χ2v) is 11.0. The third-order valence-electron chi connectivity index (χ3n) is 7.85. The molecular formula is C31H41NO10. The topological polar surface area (TPSA) is 184 Å². The minimum Gasteiger partial charge on any atom is -0.508 e. The van der Waals surface area contributed by atoms with Crippen LogP contribution in [-0.2, 0) is 0 Å². The molecule has 0 aliphatic carbocycles. The molecule has 11 heteroatoms. The summed E-state index contributed by atoms with van der Waals surface area (Å²) in [5, 5.41) is 69.1. The molecule has 4 atom stereocenters. The number of hydrogen-bond acceptors (Lipinski definition) is 11. The van der Waals surface area contributed by atoms with Gasteiger partial charge in [0.1, 0.15) is 40.4 Å². The number of aliphatic hydroxyl groups is 4. The van der Waals surface area contributed by atoms with E-state index in [1.807, 2.05) is 4.90 Å². The van der Waals surface area contributed by atoms with Gasteiger partial charge in [0, 0.05) is 30.3 Å². The van der Waals surface area contributed by atoms with Crippen LogP contribution in [0.4, 0.5) is 0 Å². The molecule has 1 aromatic heterocycles. The van der Waals surface area contributed by atoms with Crippen LogP contribution in [0.1, 0.15) is 51.4 Å². The molecule has 42 heavy (non-hydrogen) atoms. The molecule has 1 aliphatic heterocycles. The largest absolute Gasteiger partial charge is 0.508 e. The summed E-state index contributed by atoms with van der Waals surface area (Å²) >= 11 is 0. The second kappa shape index (κ2) is 14.7. The number of nitrogens with zero attached hydrogens (tertiary/aromatic N) is 1. The Balaban J connectivity index is 1.17. The number of β-amino-alcohol motifs (C(OH)–C–C–N with tert-alkyl or cyclic N) is 1. The molecule has 1 saturated heterocycles. The van der Waals surface area contributed by atoms with Gasteiger partial charge in [0.2, 0.25) is 0 Å². The van der Waals surface area contributed by atoms with Crippen molar-refractivity contribution in [3.8, 4) is 34.3 Å². The lowest BCUT2D eigenvalue weighted by molar-refractivity contribution is -0.145. The molecule has 1 fully saturated rings. The van der Waals surface area contributed by atoms with Crippen molar-refractivity contribution in [3.63, 3.8) is 0 Å². The lowest BCUT2D eigenvalue weighted by atomic mass is 9.94. The van der Waals surface area contributed by atoms with Crippen molar-refractivity contribution in [2.24, 2.45) is 0 Å². The van der Waals surface area contributed by atoms with Crippen LogP contribution in [0, 0.1) is 0 Å². The van der Waals surface area contributed by atoms with Crippen molar-refractivity contribution >= 4 is 11.0 Å². The maximum Gasteiger partial charge on any atom is 0.197 e. The molecule has 0 bridgehead atoms. The molecule has 2 aromatic carbocycles. The van der Waals surface area contributed by atoms with Crippen LogP contribution in [-0.4, -0.2) is 91.3 Å². The molecule has 11 nitrogen and oxygen atoms in total. The number of unbranched alkanes of at least 4 members (excludes halogenated alkanes) is 7. The Kier molecular flexibility index (Phi) is 11.1. The first-order chi connectivity index (χ1) is 20.2. The number of benzene rings is 2. The lowest BCUT2D eigenvalue weighted by Crippen LogP contribution is -2.62. The zero-order valence-electron chi connectivity index (χ0n) is 23.6. The summed E-state index contributed by atoms with van der Waals surface area (Å²) in [5.41, 5.74) is 0.191. The Labute approximate surface area is 243 Å². The van der Waals surface area contributed by atoms with E-state index in [0.717, 1.165) is 51.4 Å². The zero-order chi connectivity index (χ0) is 30.2. The second-order valence-electron chi connectivity index (χ2n) is 11.0. The summed E-state index contributed by atoms with van der Waals surface area (Å²) in [6.45, 7) is 0.992. The number of aromatic hydroxyl groups is 3. The van der Waals surface area contributed by atoms with Crippen LogP contribution in [0.2, 0.25) is 0 Å². The van der Waals surface area contributed by atoms with Gasteiger partial charge in [-0.1, -0.05) is 38.5 Å². The fraction of sp³-hybridized carbons (Fsp3) is 0.516. The highest BCUT2D eigenvalue weighted by molar-refractivity contribution is 5.86. The SMILES string of the molecule is O=c1cc(-c2ccc(O)c(O)c2)oc2cc(O)cc(OCCCCCCCCCCN3C[C@H](O)[C@@H](O)[C@H](O)[C@H]3CO)c12. The molecule has 0 saturated carbocycles. The smallest absolute Gasteiger partial charge is 0.197 e. The highest BCUT2D eigenvalue weighted by Gasteiger charge is 2.40. The van der Waals surface area contributed by atoms with Crippen LogP contribution in [0.15, 0.2) is 45.6 Å². The number of hydrogen-bond donors (Lipinski definition) is 7. The maximum atomic E-state index is 12.9. The molecule has 0 radical (unpaired) electrons. The number of likely N-dealkylation sites (tertiary alicyclic amines) is 1. The fourth-order valence-electron chi connectivity index (χ4n) is 5.47. The quantitative estimate of drug-likeness (QED) is 0.109. The number of phenols is 3. The molecule has 0 amide bonds. The number of aliphatic hydroxyl groups excluding tert-OH is 4. The predicted molar refractivity (Wildman–Crippen MR) is 156 cm³/mol. The highest BCUT2D eigenvalue weighted by Crippen LogP contribution is 2.34. The van der Waals surface area contributed by atoms with Crippen molar-refractivity contribution < 1.29 is 44.9 Å². The van der Waals surface area contributed by atoms with E-state index < -0.39 is 24.4 Å². The Morgan fingerprint density at radius 1 is 0.833 bits per heavy atom. The number of phenolic OH excluding ortho intramolecular Hbond substituents is 3. The Morgan fingerprint density at radius 2 is 1.52 bits per heavy atom. The van der Waals surface area contributed by atoms with Crippen LogP contribution < -0.4 is 10.2 Å². The van der Waals surface area contributed by atoms with E-state index in [0.29, 0.717) is 18.7 Å². The van der Waals surface area contributed by atoms with Crippen molar-refractivity contribution in [2.45, 2.75) is 75.7 Å². The van der Waals surface area contributed by atoms with E-state index in [1.54, 1.807) is 0 Å². The van der Waals surface area contributed by atoms with Gasteiger partial charge in [-0.2, -0.15) is 0 Å². The van der Waals surface area contributed by atoms with Crippen molar-refractivity contribution in [2.75, 3.05) is 26.3 Å². The number of ether oxygens (including phenoxy) is 1. The predicted octanol–water partition coefficient (Wildman–Crippen LogP) is 2.84. The zero-order valence-corrected chi connectivity index (χ0v) is 23.6. The summed E-state index contributed by atoms with van der Waals surface area (Å²) in [5.74, 6) is -0.319. The minimum atomic E-state index is -1.23. The van der Waals surface area contributed by atoms with E-state index in [2.05, 4.69) is 0 Å². The Hall–Kier alpha value is -3.35. The molecule has 2 heterocycles. The van der Waals surface area contributed by atoms with Gasteiger partial charge in [-0.25, -0.2) is 0 Å². The van der Waals surface area contributed by atoms with Gasteiger partial charge < -0.3 is 44.9 Å². The first kappa shape index (κ1) is 31.6. The average molecular weight is 588 g/mol. The Bertz CT molecular complexity index is 1380. The van der Waals surface area contributed by atoms with Crippen molar-refractivity contribution in [3.05, 3.63) is 46.6 Å². The molecule has 7 N–H and O–H groups in total. The van der Waals surface area contributed by atoms with Gasteiger partial charge in [0.25, 0.3) is 0 Å². The molecule has 0 unspecified atom stereocenters. The first-order valence-electron chi connectivity index (χ1n) is 14.5. The van der Waals surface area contributed by atoms with Crippen LogP contribution in [0.5, 0.6) is 23.0 Å². The molecular weight excluding hydrogens is 546 g/mol. The highest BCUT2D eigenvalue weighted by atomic mass is 16.5. The van der Waals surface area contributed by atoms with E-state index in [-0.39, 0.29) is 58.3 Å². The van der Waals surface area contributed by atoms with Crippen LogP contribution >= 0.6 is 0 Å². The number of rotatable bonds is 14. The van der Waals surface area contributed by atoms with Gasteiger partial charge in [0.15, 0.2) is 16.9 Å². The summed E-state index contributed by atoms with van der Waals surface area (Å²) < 4.78 is 11.7. The monoisotopic (exact) mass is 587 g/mol. The van der Waals surface area contributed by atoms with Crippen LogP contribution in [0.25, 0.3) is 22.3 Å². The van der Waals surface area contributed by atoms with Crippen molar-refractivity contribution in [1.29, 1.82) is 0 Å². The molecule has 1 aliphatic rings. The van der Waals surface area contributed by atoms with E-state index in [4.69, 9.17) is 9.15 Å². The first-order valence-corrected chi connectivity index (χ1v) is 14.5. The number of fused-ring (bicyclic) bond motifs is 1. The van der Waals surface area contributed by atoms with E-state index in [1.165, 1.54) is 36.4 Å². The van der Waals surface area contributed by atoms with E-state index in [9.17, 15) is 40.5 Å². The molecule has 4 rings (SSSR count). The van der Waals surface area contributed by atoms with Gasteiger partial charge in [0.05, 0.1) is 25.4 Å². The third-order valence-corrected chi connectivity index (χ3v) is 7.85. The summed E-state index contributed by atoms with van der Waals surface area (Å²) in [6.07, 6.45) is 4.43. The van der Waals surface area contributed by atoms with Gasteiger partial charge in [-0.15, -0.1) is 0 Å². The minimum absolute atomic E-state index is 0.108. The van der Waals surface area contributed by atoms with Gasteiger partial charge in [-0.05, 0) is 37.6 Å². The molecule has 0 spiro atoms. The maximum absolute atomic E-state index is 12.9. The fourth-order valence-corrected chi connectivity index (χ4v) is 5.47. The van der Waals surface area contributed by atoms with Crippen molar-refractivity contribution in [1.82, 2.24) is 4.90 Å². The summed E-state index contributed by atoms with van der Waals surface area (Å²) in [7, 11) is 0. The Morgan fingerprint density at radius 3 is 2.21 bits per heavy atom. The lowest BCUT2D eigenvalue weighted by Gasteiger charge is -2.43. The van der Waals surface area contributed by atoms with Gasteiger partial charge >= 0.3 is 0 Å². The average Bonchev–Trinajstić information content (AvgIpc) is 2.95. The van der Waals surface area contributed by atoms with E-state index >= 15 is 0 Å². The van der Waals surface area contributed by atoms with Crippen LogP contribution in [0.3, 0.4) is 0 Å². The normalized spacial score (nSPS) is 21.1. The third kappa shape index (κ3) is 7.73. The summed E-state index contributed by atoms with van der Waals surface area (Å²) in [4.78, 5) is 14.8. The standard InChI is InChI=1S/C31H41NO10/c33-18-21-30(39)31(40)25(38)17-32(21)11-7-5-3-1-2-4-6-8-12-41-27-14-20(34)15-28-29(27)24(37)16-26(42-28)19-9-10-22(35)23(36)13-19/h9-10,13-16,21,25,30-31,33-36,38-40H,1-8,11-12,17-18H2/t21-,25+,30-,31-/m1/s1.